The molecule has 5 nitrogen and oxygen atoms in total. The Morgan fingerprint density at radius 3 is 2.71 bits per heavy atom. The fourth-order valence-electron chi connectivity index (χ4n) is 2.19. The highest BCUT2D eigenvalue weighted by Crippen LogP contribution is 2.19. The van der Waals surface area contributed by atoms with E-state index in [1.165, 1.54) is 17.3 Å². The number of ether oxygens (including phenoxy) is 1. The van der Waals surface area contributed by atoms with Gasteiger partial charge in [-0.3, -0.25) is 4.79 Å². The molecule has 0 aromatic heterocycles. The first-order valence-electron chi connectivity index (χ1n) is 6.86. The average molecular weight is 309 g/mol. The third-order valence-electron chi connectivity index (χ3n) is 3.42. The summed E-state index contributed by atoms with van der Waals surface area (Å²) in [5.41, 5.74) is -0.00604. The van der Waals surface area contributed by atoms with Crippen molar-refractivity contribution in [3.8, 4) is 0 Å². The van der Waals surface area contributed by atoms with Crippen LogP contribution in [0.15, 0.2) is 30.3 Å². The van der Waals surface area contributed by atoms with E-state index >= 15 is 0 Å². The highest BCUT2D eigenvalue weighted by Gasteiger charge is 2.43. The van der Waals surface area contributed by atoms with Crippen LogP contribution in [0.5, 0.6) is 0 Å². The number of aryl methyl sites for hydroxylation is 1. The molecular formula is C15H19NO4S. The summed E-state index contributed by atoms with van der Waals surface area (Å²) in [5.74, 6) is -0.181. The molecule has 6 heteroatoms. The van der Waals surface area contributed by atoms with Gasteiger partial charge in [-0.15, -0.1) is 0 Å². The van der Waals surface area contributed by atoms with Gasteiger partial charge in [-0.2, -0.15) is 11.8 Å². The summed E-state index contributed by atoms with van der Waals surface area (Å²) in [6, 6.07) is 10.1. The van der Waals surface area contributed by atoms with Crippen molar-refractivity contribution in [3.63, 3.8) is 0 Å². The van der Waals surface area contributed by atoms with E-state index in [-0.39, 0.29) is 18.3 Å². The van der Waals surface area contributed by atoms with Gasteiger partial charge in [-0.05, 0) is 17.7 Å². The summed E-state index contributed by atoms with van der Waals surface area (Å²) in [6.07, 6.45) is 1.22. The second-order valence-corrected chi connectivity index (χ2v) is 6.13. The van der Waals surface area contributed by atoms with Crippen LogP contribution < -0.4 is 5.32 Å². The number of carboxylic acids is 1. The molecule has 1 heterocycles. The zero-order valence-electron chi connectivity index (χ0n) is 11.7. The topological polar surface area (TPSA) is 75.6 Å². The van der Waals surface area contributed by atoms with Gasteiger partial charge in [0, 0.05) is 13.0 Å². The van der Waals surface area contributed by atoms with Crippen molar-refractivity contribution in [2.45, 2.75) is 18.4 Å². The van der Waals surface area contributed by atoms with Gasteiger partial charge in [0.1, 0.15) is 0 Å². The Kier molecular flexibility index (Phi) is 5.64. The highest BCUT2D eigenvalue weighted by molar-refractivity contribution is 7.99. The van der Waals surface area contributed by atoms with E-state index in [2.05, 4.69) is 17.4 Å². The van der Waals surface area contributed by atoms with E-state index in [0.717, 1.165) is 12.2 Å². The number of rotatable bonds is 7. The number of hydrogen-bond acceptors (Lipinski definition) is 4. The van der Waals surface area contributed by atoms with Crippen molar-refractivity contribution >= 4 is 23.6 Å². The second-order valence-electron chi connectivity index (χ2n) is 5.03. The van der Waals surface area contributed by atoms with E-state index in [1.54, 1.807) is 0 Å². The largest absolute Gasteiger partial charge is 0.479 e. The Hall–Kier alpha value is -1.53. The maximum atomic E-state index is 11.9. The Morgan fingerprint density at radius 2 is 2.10 bits per heavy atom. The third kappa shape index (κ3) is 4.47. The zero-order chi connectivity index (χ0) is 15.1. The molecule has 2 rings (SSSR count). The van der Waals surface area contributed by atoms with Gasteiger partial charge in [0.05, 0.1) is 12.4 Å². The molecule has 1 fully saturated rings. The van der Waals surface area contributed by atoms with Crippen LogP contribution in [0, 0.1) is 0 Å². The number of thioether (sulfide) groups is 1. The second kappa shape index (κ2) is 7.47. The summed E-state index contributed by atoms with van der Waals surface area (Å²) in [4.78, 5) is 23.1. The fraction of sp³-hybridized carbons (Fsp3) is 0.467. The van der Waals surface area contributed by atoms with Gasteiger partial charge in [0.2, 0.25) is 5.91 Å². The van der Waals surface area contributed by atoms with Gasteiger partial charge < -0.3 is 15.2 Å². The van der Waals surface area contributed by atoms with Crippen molar-refractivity contribution in [3.05, 3.63) is 35.9 Å². The number of carbonyl (C=O) groups excluding carboxylic acids is 1. The van der Waals surface area contributed by atoms with Gasteiger partial charge in [-0.25, -0.2) is 4.79 Å². The molecule has 1 aromatic carbocycles. The quantitative estimate of drug-likeness (QED) is 0.743. The molecule has 1 aliphatic heterocycles. The number of nitrogens with one attached hydrogen (secondary N) is 1. The molecule has 21 heavy (non-hydrogen) atoms. The van der Waals surface area contributed by atoms with E-state index < -0.39 is 11.5 Å². The first-order chi connectivity index (χ1) is 10.1. The monoisotopic (exact) mass is 309 g/mol. The summed E-state index contributed by atoms with van der Waals surface area (Å²) in [5, 5.41) is 11.8. The van der Waals surface area contributed by atoms with Crippen molar-refractivity contribution in [1.29, 1.82) is 0 Å². The lowest BCUT2D eigenvalue weighted by Crippen LogP contribution is -2.55. The lowest BCUT2D eigenvalue weighted by molar-refractivity contribution is -0.147. The molecule has 0 bridgehead atoms. The molecule has 1 saturated heterocycles. The van der Waals surface area contributed by atoms with Gasteiger partial charge in [0.15, 0.2) is 5.54 Å². The molecule has 1 amide bonds. The smallest absolute Gasteiger partial charge is 0.331 e. The van der Waals surface area contributed by atoms with Crippen LogP contribution in [-0.4, -0.2) is 47.2 Å². The van der Waals surface area contributed by atoms with Crippen molar-refractivity contribution in [2.24, 2.45) is 0 Å². The summed E-state index contributed by atoms with van der Waals surface area (Å²) >= 11 is 1.50. The normalized spacial score (nSPS) is 21.1. The third-order valence-corrected chi connectivity index (χ3v) is 4.38. The van der Waals surface area contributed by atoms with Gasteiger partial charge >= 0.3 is 5.97 Å². The number of hydrogen-bond donors (Lipinski definition) is 2. The SMILES string of the molecule is O=C(CSCCc1ccccc1)NC1(C(=O)O)CCOC1. The van der Waals surface area contributed by atoms with Gasteiger partial charge in [0.25, 0.3) is 0 Å². The first-order valence-corrected chi connectivity index (χ1v) is 8.02. The Morgan fingerprint density at radius 1 is 1.33 bits per heavy atom. The Balaban J connectivity index is 1.71. The molecule has 0 spiro atoms. The molecule has 0 saturated carbocycles. The molecule has 1 unspecified atom stereocenters. The predicted molar refractivity (Wildman–Crippen MR) is 81.4 cm³/mol. The van der Waals surface area contributed by atoms with Crippen LogP contribution in [-0.2, 0) is 20.7 Å². The summed E-state index contributed by atoms with van der Waals surface area (Å²) < 4.78 is 5.10. The highest BCUT2D eigenvalue weighted by atomic mass is 32.2. The maximum Gasteiger partial charge on any atom is 0.331 e. The fourth-order valence-corrected chi connectivity index (χ4v) is 2.97. The molecule has 114 valence electrons. The molecular weight excluding hydrogens is 290 g/mol. The van der Waals surface area contributed by atoms with Crippen LogP contribution in [0.4, 0.5) is 0 Å². The predicted octanol–water partition coefficient (Wildman–Crippen LogP) is 1.32. The van der Waals surface area contributed by atoms with Crippen LogP contribution >= 0.6 is 11.8 Å². The average Bonchev–Trinajstić information content (AvgIpc) is 2.94. The van der Waals surface area contributed by atoms with E-state index in [4.69, 9.17) is 4.74 Å². The van der Waals surface area contributed by atoms with Crippen molar-refractivity contribution in [2.75, 3.05) is 24.7 Å². The lowest BCUT2D eigenvalue weighted by atomic mass is 9.99. The van der Waals surface area contributed by atoms with E-state index in [1.807, 2.05) is 18.2 Å². The minimum Gasteiger partial charge on any atom is -0.479 e. The van der Waals surface area contributed by atoms with Crippen LogP contribution in [0.3, 0.4) is 0 Å². The molecule has 0 radical (unpaired) electrons. The summed E-state index contributed by atoms with van der Waals surface area (Å²) in [7, 11) is 0. The van der Waals surface area contributed by atoms with Gasteiger partial charge in [-0.1, -0.05) is 30.3 Å². The number of aliphatic carboxylic acids is 1. The maximum absolute atomic E-state index is 11.9. The van der Waals surface area contributed by atoms with Crippen LogP contribution in [0.25, 0.3) is 0 Å². The van der Waals surface area contributed by atoms with E-state index in [9.17, 15) is 14.7 Å². The lowest BCUT2D eigenvalue weighted by Gasteiger charge is -2.23. The molecule has 1 aromatic rings. The minimum atomic E-state index is -1.24. The zero-order valence-corrected chi connectivity index (χ0v) is 12.5. The van der Waals surface area contributed by atoms with Crippen LogP contribution in [0.1, 0.15) is 12.0 Å². The Bertz CT molecular complexity index is 486. The molecule has 2 N–H and O–H groups in total. The number of amides is 1. The standard InChI is InChI=1S/C15H19NO4S/c17-13(16-15(14(18)19)7-8-20-11-15)10-21-9-6-12-4-2-1-3-5-12/h1-5H,6-11H2,(H,16,17)(H,18,19). The first kappa shape index (κ1) is 15.9. The van der Waals surface area contributed by atoms with Crippen molar-refractivity contribution < 1.29 is 19.4 Å². The number of benzene rings is 1. The molecule has 1 atom stereocenters. The molecule has 0 aliphatic carbocycles. The van der Waals surface area contributed by atoms with Crippen molar-refractivity contribution in [1.82, 2.24) is 5.32 Å². The number of carboxylic acid groups (broad SMARTS) is 1. The van der Waals surface area contributed by atoms with Crippen LogP contribution in [0.2, 0.25) is 0 Å². The van der Waals surface area contributed by atoms with E-state index in [0.29, 0.717) is 13.0 Å². The number of carbonyl (C=O) groups is 2. The Labute approximate surface area is 128 Å². The minimum absolute atomic E-state index is 0.0444. The summed E-state index contributed by atoms with van der Waals surface area (Å²) in [6.45, 7) is 0.413. The molecule has 1 aliphatic rings.